The second-order valence-corrected chi connectivity index (χ2v) is 7.95. The number of aromatic amines is 1. The van der Waals surface area contributed by atoms with E-state index in [-0.39, 0.29) is 36.3 Å². The Hall–Kier alpha value is -3.72. The minimum atomic E-state index is -0.640. The second kappa shape index (κ2) is 10.5. The average Bonchev–Trinajstić information content (AvgIpc) is 3.22. The normalized spacial score (nSPS) is 13.2. The third-order valence-corrected chi connectivity index (χ3v) is 5.67. The van der Waals surface area contributed by atoms with E-state index in [1.807, 2.05) is 0 Å². The van der Waals surface area contributed by atoms with Crippen LogP contribution in [0.25, 0.3) is 22.2 Å². The first kappa shape index (κ1) is 23.4. The lowest BCUT2D eigenvalue weighted by Gasteiger charge is -2.30. The number of carbonyl (C=O) groups excluding carboxylic acids is 1. The lowest BCUT2D eigenvalue weighted by Crippen LogP contribution is -2.41. The van der Waals surface area contributed by atoms with E-state index < -0.39 is 11.6 Å². The number of hydrogen-bond acceptors (Lipinski definition) is 4. The Balaban J connectivity index is 0.000000162. The number of benzene rings is 2. The zero-order chi connectivity index (χ0) is 24.1. The molecule has 1 saturated carbocycles. The summed E-state index contributed by atoms with van der Waals surface area (Å²) in [7, 11) is 0. The van der Waals surface area contributed by atoms with Crippen LogP contribution in [0, 0.1) is 23.4 Å². The fourth-order valence-electron chi connectivity index (χ4n) is 3.69. The number of nitrogens with one attached hydrogen (secondary N) is 1. The van der Waals surface area contributed by atoms with Gasteiger partial charge in [-0.05, 0) is 54.8 Å². The van der Waals surface area contributed by atoms with Gasteiger partial charge in [0.05, 0.1) is 24.9 Å². The van der Waals surface area contributed by atoms with Crippen LogP contribution in [0.4, 0.5) is 19.0 Å². The van der Waals surface area contributed by atoms with E-state index in [0.717, 1.165) is 25.3 Å². The molecule has 0 saturated heterocycles. The van der Waals surface area contributed by atoms with E-state index in [0.29, 0.717) is 22.5 Å². The minimum Gasteiger partial charge on any atom is -0.395 e. The Labute approximate surface area is 194 Å². The van der Waals surface area contributed by atoms with Crippen molar-refractivity contribution in [1.82, 2.24) is 15.0 Å². The molecule has 0 unspecified atom stereocenters. The third kappa shape index (κ3) is 5.26. The van der Waals surface area contributed by atoms with Gasteiger partial charge in [-0.25, -0.2) is 18.2 Å². The van der Waals surface area contributed by atoms with Crippen LogP contribution in [-0.2, 0) is 4.79 Å². The first-order chi connectivity index (χ1) is 16.5. The van der Waals surface area contributed by atoms with Gasteiger partial charge in [-0.3, -0.25) is 14.7 Å². The van der Waals surface area contributed by atoms with Crippen molar-refractivity contribution in [3.63, 3.8) is 0 Å². The molecule has 2 aromatic carbocycles. The van der Waals surface area contributed by atoms with Gasteiger partial charge in [-0.15, -0.1) is 0 Å². The molecule has 0 radical (unpaired) electrons. The van der Waals surface area contributed by atoms with Gasteiger partial charge in [0.2, 0.25) is 5.91 Å². The van der Waals surface area contributed by atoms with Gasteiger partial charge in [0, 0.05) is 35.5 Å². The maximum absolute atomic E-state index is 13.5. The smallest absolute Gasteiger partial charge is 0.231 e. The van der Waals surface area contributed by atoms with Crippen molar-refractivity contribution in [1.29, 1.82) is 0 Å². The van der Waals surface area contributed by atoms with Crippen molar-refractivity contribution in [3.8, 4) is 11.3 Å². The second-order valence-electron chi connectivity index (χ2n) is 7.95. The van der Waals surface area contributed by atoms with E-state index in [2.05, 4.69) is 15.0 Å². The molecule has 1 aliphatic rings. The molecule has 5 rings (SSSR count). The van der Waals surface area contributed by atoms with E-state index >= 15 is 0 Å². The number of H-pyrrole nitrogens is 1. The maximum Gasteiger partial charge on any atom is 0.231 e. The lowest BCUT2D eigenvalue weighted by atomic mass is 9.84. The molecule has 6 nitrogen and oxygen atoms in total. The van der Waals surface area contributed by atoms with E-state index in [1.54, 1.807) is 36.8 Å². The molecule has 1 fully saturated rings. The number of halogens is 3. The Bertz CT molecular complexity index is 1260. The van der Waals surface area contributed by atoms with Gasteiger partial charge < -0.3 is 10.1 Å². The largest absolute Gasteiger partial charge is 0.395 e. The Kier molecular flexibility index (Phi) is 7.22. The monoisotopic (exact) mass is 468 g/mol. The van der Waals surface area contributed by atoms with Crippen molar-refractivity contribution >= 4 is 22.6 Å². The summed E-state index contributed by atoms with van der Waals surface area (Å²) in [6, 6.07) is 9.50. The highest BCUT2D eigenvalue weighted by Crippen LogP contribution is 2.29. The van der Waals surface area contributed by atoms with Crippen LogP contribution >= 0.6 is 0 Å². The van der Waals surface area contributed by atoms with Gasteiger partial charge in [0.15, 0.2) is 5.82 Å². The molecular weight excluding hydrogens is 445 g/mol. The van der Waals surface area contributed by atoms with Crippen LogP contribution in [0.2, 0.25) is 0 Å². The van der Waals surface area contributed by atoms with Crippen molar-refractivity contribution in [2.45, 2.75) is 19.3 Å². The van der Waals surface area contributed by atoms with Gasteiger partial charge in [-0.2, -0.15) is 0 Å². The maximum atomic E-state index is 13.5. The molecule has 1 amide bonds. The molecular formula is C25H23F3N4O2. The van der Waals surface area contributed by atoms with Crippen LogP contribution in [0.1, 0.15) is 19.3 Å². The number of amides is 1. The molecule has 0 spiro atoms. The summed E-state index contributed by atoms with van der Waals surface area (Å²) in [5.41, 5.74) is 1.58. The van der Waals surface area contributed by atoms with Crippen LogP contribution in [0.5, 0.6) is 0 Å². The minimum absolute atomic E-state index is 0.0563. The highest BCUT2D eigenvalue weighted by molar-refractivity contribution is 5.94. The standard InChI is InChI=1S/C14H8F3N.C11H15N3O2/c15-10-3-1-8(2-4-10)13-6-9-5-11(16)7-12(17)14(9)18-13;15-7-6-14(10-8-12-4-5-13-10)11(16)9-2-1-3-9/h1-7,18H;4-5,8-9,15H,1-3,6-7H2. The zero-order valence-corrected chi connectivity index (χ0v) is 18.2. The van der Waals surface area contributed by atoms with Gasteiger partial charge in [0.25, 0.3) is 0 Å². The summed E-state index contributed by atoms with van der Waals surface area (Å²) in [5, 5.41) is 9.43. The van der Waals surface area contributed by atoms with Gasteiger partial charge >= 0.3 is 0 Å². The number of anilines is 1. The van der Waals surface area contributed by atoms with Gasteiger partial charge in [0.1, 0.15) is 17.5 Å². The molecule has 1 aliphatic carbocycles. The first-order valence-electron chi connectivity index (χ1n) is 10.9. The van der Waals surface area contributed by atoms with Gasteiger partial charge in [-0.1, -0.05) is 6.42 Å². The van der Waals surface area contributed by atoms with E-state index in [1.165, 1.54) is 23.1 Å². The molecule has 2 heterocycles. The zero-order valence-electron chi connectivity index (χ0n) is 18.2. The van der Waals surface area contributed by atoms with Crippen molar-refractivity contribution < 1.29 is 23.1 Å². The van der Waals surface area contributed by atoms with Crippen molar-refractivity contribution in [2.24, 2.45) is 5.92 Å². The number of carbonyl (C=O) groups is 1. The number of fused-ring (bicyclic) bond motifs is 1. The van der Waals surface area contributed by atoms with Crippen LogP contribution in [-0.4, -0.2) is 39.1 Å². The highest BCUT2D eigenvalue weighted by atomic mass is 19.1. The summed E-state index contributed by atoms with van der Waals surface area (Å²) >= 11 is 0. The topological polar surface area (TPSA) is 82.1 Å². The fraction of sp³-hybridized carbons (Fsp3) is 0.240. The van der Waals surface area contributed by atoms with Crippen molar-refractivity contribution in [2.75, 3.05) is 18.1 Å². The summed E-state index contributed by atoms with van der Waals surface area (Å²) in [6.07, 6.45) is 7.67. The highest BCUT2D eigenvalue weighted by Gasteiger charge is 2.30. The van der Waals surface area contributed by atoms with Crippen LogP contribution in [0.3, 0.4) is 0 Å². The summed E-state index contributed by atoms with van der Waals surface area (Å²) in [4.78, 5) is 24.5. The number of rotatable bonds is 5. The molecule has 9 heteroatoms. The van der Waals surface area contributed by atoms with E-state index in [9.17, 15) is 18.0 Å². The number of aliphatic hydroxyl groups is 1. The molecule has 0 aliphatic heterocycles. The Morgan fingerprint density at radius 2 is 1.82 bits per heavy atom. The summed E-state index contributed by atoms with van der Waals surface area (Å²) < 4.78 is 39.4. The Morgan fingerprint density at radius 3 is 2.44 bits per heavy atom. The predicted octanol–water partition coefficient (Wildman–Crippen LogP) is 4.85. The predicted molar refractivity (Wildman–Crippen MR) is 122 cm³/mol. The molecule has 0 bridgehead atoms. The van der Waals surface area contributed by atoms with Crippen LogP contribution in [0.15, 0.2) is 61.1 Å². The molecule has 4 aromatic rings. The lowest BCUT2D eigenvalue weighted by molar-refractivity contribution is -0.124. The SMILES string of the molecule is Fc1ccc(-c2cc3cc(F)cc(F)c3[nH]2)cc1.O=C(C1CCC1)N(CCO)c1cnccn1. The Morgan fingerprint density at radius 1 is 1.06 bits per heavy atom. The first-order valence-corrected chi connectivity index (χ1v) is 10.9. The third-order valence-electron chi connectivity index (χ3n) is 5.67. The number of aliphatic hydroxyl groups excluding tert-OH is 1. The number of hydrogen-bond donors (Lipinski definition) is 2. The number of nitrogens with zero attached hydrogens (tertiary/aromatic N) is 3. The quantitative estimate of drug-likeness (QED) is 0.439. The molecule has 2 N–H and O–H groups in total. The molecule has 34 heavy (non-hydrogen) atoms. The van der Waals surface area contributed by atoms with Crippen molar-refractivity contribution in [3.05, 3.63) is 78.5 Å². The fourth-order valence-corrected chi connectivity index (χ4v) is 3.69. The molecule has 2 aromatic heterocycles. The molecule has 0 atom stereocenters. The number of aromatic nitrogens is 3. The average molecular weight is 468 g/mol. The van der Waals surface area contributed by atoms with E-state index in [4.69, 9.17) is 5.11 Å². The molecule has 176 valence electrons. The summed E-state index contributed by atoms with van der Waals surface area (Å²) in [6.45, 7) is 0.225. The van der Waals surface area contributed by atoms with Crippen LogP contribution < -0.4 is 4.90 Å². The summed E-state index contributed by atoms with van der Waals surface area (Å²) in [5.74, 6) is -0.919.